The van der Waals surface area contributed by atoms with Gasteiger partial charge in [-0.15, -0.1) is 0 Å². The quantitative estimate of drug-likeness (QED) is 0.433. The largest absolute Gasteiger partial charge is 0.353 e. The molecule has 1 aromatic heterocycles. The average Bonchev–Trinajstić information content (AvgIpc) is 3.24. The maximum atomic E-state index is 13.7. The van der Waals surface area contributed by atoms with E-state index >= 15 is 0 Å². The van der Waals surface area contributed by atoms with Crippen LogP contribution in [-0.2, 0) is 4.79 Å². The van der Waals surface area contributed by atoms with E-state index in [4.69, 9.17) is 5.10 Å². The number of likely N-dealkylation sites (tertiary alicyclic amines) is 1. The molecule has 2 aromatic carbocycles. The lowest BCUT2D eigenvalue weighted by Crippen LogP contribution is -2.44. The number of para-hydroxylation sites is 1. The Morgan fingerprint density at radius 3 is 2.14 bits per heavy atom. The van der Waals surface area contributed by atoms with E-state index in [2.05, 4.69) is 12.2 Å². The molecule has 1 saturated carbocycles. The fourth-order valence-electron chi connectivity index (χ4n) is 5.80. The summed E-state index contributed by atoms with van der Waals surface area (Å²) in [4.78, 5) is 28.7. The van der Waals surface area contributed by atoms with E-state index in [0.29, 0.717) is 36.3 Å². The van der Waals surface area contributed by atoms with Gasteiger partial charge in [-0.25, -0.2) is 4.68 Å². The maximum Gasteiger partial charge on any atom is 0.257 e. The SMILES string of the molecule is C[C@H](C(=O)NC1CCCCCC1)C1CCN(C(=O)c2cn(-c3ccccc3)nc2-c2ccccc2)CC1. The molecular weight excluding hydrogens is 460 g/mol. The van der Waals surface area contributed by atoms with Crippen LogP contribution in [0.3, 0.4) is 0 Å². The zero-order valence-electron chi connectivity index (χ0n) is 21.8. The Labute approximate surface area is 220 Å². The van der Waals surface area contributed by atoms with Crippen LogP contribution in [0.4, 0.5) is 0 Å². The number of carbonyl (C=O) groups excluding carboxylic acids is 2. The van der Waals surface area contributed by atoms with E-state index in [9.17, 15) is 9.59 Å². The number of benzene rings is 2. The Balaban J connectivity index is 1.26. The van der Waals surface area contributed by atoms with Gasteiger partial charge in [0, 0.05) is 36.8 Å². The number of carbonyl (C=O) groups is 2. The lowest BCUT2D eigenvalue weighted by Gasteiger charge is -2.35. The van der Waals surface area contributed by atoms with Crippen molar-refractivity contribution in [3.63, 3.8) is 0 Å². The Bertz CT molecular complexity index is 1170. The molecule has 0 spiro atoms. The fourth-order valence-corrected chi connectivity index (χ4v) is 5.80. The zero-order chi connectivity index (χ0) is 25.6. The summed E-state index contributed by atoms with van der Waals surface area (Å²) in [7, 11) is 0. The first kappa shape index (κ1) is 25.2. The van der Waals surface area contributed by atoms with Crippen LogP contribution >= 0.6 is 0 Å². The predicted octanol–water partition coefficient (Wildman–Crippen LogP) is 5.87. The van der Waals surface area contributed by atoms with Crippen molar-refractivity contribution in [1.29, 1.82) is 0 Å². The summed E-state index contributed by atoms with van der Waals surface area (Å²) < 4.78 is 1.79. The molecule has 1 N–H and O–H groups in total. The van der Waals surface area contributed by atoms with Crippen LogP contribution in [0.1, 0.15) is 68.6 Å². The third kappa shape index (κ3) is 5.95. The molecule has 1 aliphatic carbocycles. The van der Waals surface area contributed by atoms with Gasteiger partial charge in [-0.3, -0.25) is 9.59 Å². The van der Waals surface area contributed by atoms with E-state index in [1.54, 1.807) is 4.68 Å². The third-order valence-electron chi connectivity index (χ3n) is 8.16. The summed E-state index contributed by atoms with van der Waals surface area (Å²) in [5.41, 5.74) is 3.17. The van der Waals surface area contributed by atoms with Crippen LogP contribution in [0.2, 0.25) is 0 Å². The maximum absolute atomic E-state index is 13.7. The second-order valence-electron chi connectivity index (χ2n) is 10.7. The van der Waals surface area contributed by atoms with Gasteiger partial charge in [0.25, 0.3) is 5.91 Å². The minimum Gasteiger partial charge on any atom is -0.353 e. The summed E-state index contributed by atoms with van der Waals surface area (Å²) in [6.07, 6.45) is 10.7. The van der Waals surface area contributed by atoms with Gasteiger partial charge in [0.05, 0.1) is 11.3 Å². The van der Waals surface area contributed by atoms with Gasteiger partial charge < -0.3 is 10.2 Å². The van der Waals surface area contributed by atoms with E-state index < -0.39 is 0 Å². The second-order valence-corrected chi connectivity index (χ2v) is 10.7. The van der Waals surface area contributed by atoms with Crippen molar-refractivity contribution >= 4 is 11.8 Å². The molecule has 3 aromatic rings. The fraction of sp³-hybridized carbons (Fsp3) is 0.452. The summed E-state index contributed by atoms with van der Waals surface area (Å²) in [6, 6.07) is 20.1. The van der Waals surface area contributed by atoms with Crippen LogP contribution in [0, 0.1) is 11.8 Å². The summed E-state index contributed by atoms with van der Waals surface area (Å²) in [6.45, 7) is 3.39. The molecule has 194 valence electrons. The average molecular weight is 499 g/mol. The number of rotatable bonds is 6. The van der Waals surface area contributed by atoms with Crippen molar-refractivity contribution < 1.29 is 9.59 Å². The number of hydrogen-bond donors (Lipinski definition) is 1. The lowest BCUT2D eigenvalue weighted by atomic mass is 9.84. The van der Waals surface area contributed by atoms with Crippen LogP contribution in [0.5, 0.6) is 0 Å². The Morgan fingerprint density at radius 1 is 0.865 bits per heavy atom. The van der Waals surface area contributed by atoms with Gasteiger partial charge in [-0.05, 0) is 43.7 Å². The number of nitrogens with zero attached hydrogens (tertiary/aromatic N) is 3. The molecular formula is C31H38N4O2. The van der Waals surface area contributed by atoms with Crippen LogP contribution in [0.25, 0.3) is 16.9 Å². The predicted molar refractivity (Wildman–Crippen MR) is 146 cm³/mol. The first-order valence-corrected chi connectivity index (χ1v) is 13.9. The van der Waals surface area contributed by atoms with Gasteiger partial charge in [-0.2, -0.15) is 5.10 Å². The topological polar surface area (TPSA) is 67.2 Å². The molecule has 2 fully saturated rings. The highest BCUT2D eigenvalue weighted by Gasteiger charge is 2.32. The third-order valence-corrected chi connectivity index (χ3v) is 8.16. The minimum absolute atomic E-state index is 0.00930. The number of hydrogen-bond acceptors (Lipinski definition) is 3. The van der Waals surface area contributed by atoms with Crippen molar-refractivity contribution in [1.82, 2.24) is 20.0 Å². The molecule has 1 aliphatic heterocycles. The van der Waals surface area contributed by atoms with Crippen molar-refractivity contribution in [2.24, 2.45) is 11.8 Å². The normalized spacial score (nSPS) is 18.2. The summed E-state index contributed by atoms with van der Waals surface area (Å²) in [5.74, 6) is 0.471. The van der Waals surface area contributed by atoms with E-state index in [0.717, 1.165) is 36.9 Å². The van der Waals surface area contributed by atoms with Crippen molar-refractivity contribution in [2.45, 2.75) is 64.3 Å². The summed E-state index contributed by atoms with van der Waals surface area (Å²) in [5, 5.41) is 8.14. The van der Waals surface area contributed by atoms with Gasteiger partial charge in [0.2, 0.25) is 5.91 Å². The number of amides is 2. The van der Waals surface area contributed by atoms with Gasteiger partial charge in [-0.1, -0.05) is 81.1 Å². The van der Waals surface area contributed by atoms with Crippen LogP contribution in [-0.4, -0.2) is 45.6 Å². The highest BCUT2D eigenvalue weighted by Crippen LogP contribution is 2.30. The molecule has 37 heavy (non-hydrogen) atoms. The monoisotopic (exact) mass is 498 g/mol. The molecule has 2 amide bonds. The molecule has 6 nitrogen and oxygen atoms in total. The number of piperidine rings is 1. The van der Waals surface area contributed by atoms with Gasteiger partial charge >= 0.3 is 0 Å². The first-order chi connectivity index (χ1) is 18.1. The first-order valence-electron chi connectivity index (χ1n) is 13.9. The lowest BCUT2D eigenvalue weighted by molar-refractivity contribution is -0.127. The molecule has 2 heterocycles. The smallest absolute Gasteiger partial charge is 0.257 e. The van der Waals surface area contributed by atoms with Crippen molar-refractivity contribution in [3.05, 3.63) is 72.4 Å². The molecule has 6 heteroatoms. The number of nitrogens with one attached hydrogen (secondary N) is 1. The molecule has 5 rings (SSSR count). The Kier molecular flexibility index (Phi) is 8.02. The van der Waals surface area contributed by atoms with Crippen molar-refractivity contribution in [3.8, 4) is 16.9 Å². The van der Waals surface area contributed by atoms with Crippen LogP contribution in [0.15, 0.2) is 66.9 Å². The molecule has 1 saturated heterocycles. The molecule has 0 unspecified atom stereocenters. The van der Waals surface area contributed by atoms with E-state index in [1.807, 2.05) is 71.8 Å². The minimum atomic E-state index is -0.0267. The second kappa shape index (κ2) is 11.8. The standard InChI is InChI=1S/C31H38N4O2/c1-23(30(36)32-26-14-8-2-3-9-15-26)24-18-20-34(21-19-24)31(37)28-22-35(27-16-10-5-11-17-27)33-29(28)25-12-6-4-7-13-25/h4-7,10-13,16-17,22-24,26H,2-3,8-9,14-15,18-21H2,1H3,(H,32,36)/t23-/m0/s1. The van der Waals surface area contributed by atoms with Gasteiger partial charge in [0.15, 0.2) is 0 Å². The van der Waals surface area contributed by atoms with Gasteiger partial charge in [0.1, 0.15) is 5.69 Å². The highest BCUT2D eigenvalue weighted by molar-refractivity contribution is 6.00. The summed E-state index contributed by atoms with van der Waals surface area (Å²) >= 11 is 0. The van der Waals surface area contributed by atoms with Crippen LogP contribution < -0.4 is 5.32 Å². The van der Waals surface area contributed by atoms with E-state index in [-0.39, 0.29) is 17.7 Å². The molecule has 1 atom stereocenters. The Morgan fingerprint density at radius 2 is 1.49 bits per heavy atom. The molecule has 2 aliphatic rings. The zero-order valence-corrected chi connectivity index (χ0v) is 21.8. The Hall–Kier alpha value is -3.41. The number of aromatic nitrogens is 2. The van der Waals surface area contributed by atoms with E-state index in [1.165, 1.54) is 25.7 Å². The van der Waals surface area contributed by atoms with Crippen molar-refractivity contribution in [2.75, 3.05) is 13.1 Å². The highest BCUT2D eigenvalue weighted by atomic mass is 16.2. The molecule has 0 bridgehead atoms. The molecule has 0 radical (unpaired) electrons.